The van der Waals surface area contributed by atoms with Gasteiger partial charge in [0.15, 0.2) is 0 Å². The third-order valence-electron chi connectivity index (χ3n) is 4.24. The van der Waals surface area contributed by atoms with E-state index in [9.17, 15) is 0 Å². The largest absolute Gasteiger partial charge is 0.304 e. The Balaban J connectivity index is 1.82. The van der Waals surface area contributed by atoms with Gasteiger partial charge in [-0.1, -0.05) is 44.2 Å². The molecule has 1 aliphatic rings. The minimum absolute atomic E-state index is 0.422. The third kappa shape index (κ3) is 1.90. The first-order valence-electron chi connectivity index (χ1n) is 7.49. The van der Waals surface area contributed by atoms with E-state index in [1.807, 2.05) is 6.20 Å². The van der Waals surface area contributed by atoms with Gasteiger partial charge in [0.05, 0.1) is 0 Å². The summed E-state index contributed by atoms with van der Waals surface area (Å²) < 4.78 is 2.20. The van der Waals surface area contributed by atoms with Crippen LogP contribution in [0.5, 0.6) is 0 Å². The van der Waals surface area contributed by atoms with Crippen LogP contribution in [0.15, 0.2) is 54.9 Å². The van der Waals surface area contributed by atoms with Crippen LogP contribution in [-0.4, -0.2) is 9.55 Å². The average molecular weight is 274 g/mol. The fraction of sp³-hybridized carbons (Fsp3) is 0.211. The van der Waals surface area contributed by atoms with Crippen LogP contribution >= 0.6 is 0 Å². The Bertz CT molecular complexity index is 812. The van der Waals surface area contributed by atoms with Gasteiger partial charge in [-0.25, -0.2) is 4.98 Å². The van der Waals surface area contributed by atoms with Crippen LogP contribution in [0.4, 0.5) is 0 Å². The Kier molecular flexibility index (Phi) is 2.71. The molecule has 0 spiro atoms. The summed E-state index contributed by atoms with van der Waals surface area (Å²) in [5, 5.41) is 0. The zero-order valence-electron chi connectivity index (χ0n) is 12.4. The number of hydrogen-bond acceptors (Lipinski definition) is 1. The van der Waals surface area contributed by atoms with E-state index in [0.29, 0.717) is 5.92 Å². The van der Waals surface area contributed by atoms with Crippen molar-refractivity contribution in [3.63, 3.8) is 0 Å². The Morgan fingerprint density at radius 1 is 1.00 bits per heavy atom. The first kappa shape index (κ1) is 12.4. The maximum Gasteiger partial charge on any atom is 0.115 e. The van der Waals surface area contributed by atoms with Gasteiger partial charge in [0, 0.05) is 24.0 Å². The lowest BCUT2D eigenvalue weighted by Crippen LogP contribution is -2.02. The summed E-state index contributed by atoms with van der Waals surface area (Å²) in [6.07, 6.45) is 4.97. The van der Waals surface area contributed by atoms with Gasteiger partial charge in [-0.05, 0) is 40.8 Å². The summed E-state index contributed by atoms with van der Waals surface area (Å²) >= 11 is 0. The molecule has 2 heteroatoms. The number of aromatic nitrogens is 2. The zero-order chi connectivity index (χ0) is 14.4. The number of imidazole rings is 1. The van der Waals surface area contributed by atoms with E-state index in [0.717, 1.165) is 12.2 Å². The highest BCUT2D eigenvalue weighted by atomic mass is 15.1. The predicted molar refractivity (Wildman–Crippen MR) is 85.9 cm³/mol. The molecule has 2 nitrogen and oxygen atoms in total. The van der Waals surface area contributed by atoms with Crippen molar-refractivity contribution < 1.29 is 0 Å². The molecule has 1 heterocycles. The van der Waals surface area contributed by atoms with Gasteiger partial charge < -0.3 is 4.57 Å². The van der Waals surface area contributed by atoms with E-state index in [-0.39, 0.29) is 0 Å². The van der Waals surface area contributed by atoms with Gasteiger partial charge in [-0.2, -0.15) is 0 Å². The summed E-state index contributed by atoms with van der Waals surface area (Å²) in [5.41, 5.74) is 6.81. The van der Waals surface area contributed by atoms with E-state index >= 15 is 0 Å². The van der Waals surface area contributed by atoms with Gasteiger partial charge in [0.2, 0.25) is 0 Å². The summed E-state index contributed by atoms with van der Waals surface area (Å²) in [5.74, 6) is 1.54. The first-order valence-corrected chi connectivity index (χ1v) is 7.49. The molecule has 0 N–H and O–H groups in total. The molecule has 0 radical (unpaired) electrons. The fourth-order valence-electron chi connectivity index (χ4n) is 3.24. The Morgan fingerprint density at radius 3 is 2.67 bits per heavy atom. The number of fused-ring (bicyclic) bond motifs is 3. The molecule has 0 aliphatic heterocycles. The average Bonchev–Trinajstić information content (AvgIpc) is 3.11. The minimum Gasteiger partial charge on any atom is -0.304 e. The van der Waals surface area contributed by atoms with Crippen molar-refractivity contribution >= 4 is 0 Å². The smallest absolute Gasteiger partial charge is 0.115 e. The quantitative estimate of drug-likeness (QED) is 0.523. The molecular weight excluding hydrogens is 256 g/mol. The molecule has 0 bridgehead atoms. The van der Waals surface area contributed by atoms with Crippen LogP contribution in [0, 0.1) is 0 Å². The molecule has 3 aromatic rings. The van der Waals surface area contributed by atoms with E-state index in [4.69, 9.17) is 0 Å². The lowest BCUT2D eigenvalue weighted by molar-refractivity contribution is 0.751. The topological polar surface area (TPSA) is 17.8 Å². The second-order valence-electron chi connectivity index (χ2n) is 5.99. The van der Waals surface area contributed by atoms with Crippen LogP contribution in [0.1, 0.15) is 36.7 Å². The standard InChI is InChI=1S/C19H18N2/c1-13(2)19-20-9-10-21(19)16-7-8-18-15(12-16)11-14-5-3-4-6-17(14)18/h3-10,12-13H,11H2,1-2H3. The van der Waals surface area contributed by atoms with Crippen molar-refractivity contribution in [3.05, 3.63) is 71.8 Å². The molecular formula is C19H18N2. The molecule has 2 aromatic carbocycles. The van der Waals surface area contributed by atoms with Gasteiger partial charge in [0.25, 0.3) is 0 Å². The molecule has 0 saturated carbocycles. The van der Waals surface area contributed by atoms with Crippen LogP contribution in [0.3, 0.4) is 0 Å². The highest BCUT2D eigenvalue weighted by molar-refractivity contribution is 5.77. The SMILES string of the molecule is CC(C)c1nccn1-c1ccc2c(c1)Cc1ccccc1-2. The number of hydrogen-bond donors (Lipinski definition) is 0. The van der Waals surface area contributed by atoms with Crippen molar-refractivity contribution in [1.82, 2.24) is 9.55 Å². The number of rotatable bonds is 2. The van der Waals surface area contributed by atoms with E-state index in [1.165, 1.54) is 27.9 Å². The molecule has 0 saturated heterocycles. The van der Waals surface area contributed by atoms with E-state index < -0.39 is 0 Å². The van der Waals surface area contributed by atoms with Crippen LogP contribution in [0.25, 0.3) is 16.8 Å². The molecule has 0 atom stereocenters. The Hall–Kier alpha value is -2.35. The fourth-order valence-corrected chi connectivity index (χ4v) is 3.24. The second kappa shape index (κ2) is 4.59. The monoisotopic (exact) mass is 274 g/mol. The second-order valence-corrected chi connectivity index (χ2v) is 5.99. The highest BCUT2D eigenvalue weighted by Crippen LogP contribution is 2.37. The van der Waals surface area contributed by atoms with E-state index in [2.05, 4.69) is 72.1 Å². The summed E-state index contributed by atoms with van der Waals surface area (Å²) in [7, 11) is 0. The summed E-state index contributed by atoms with van der Waals surface area (Å²) in [6.45, 7) is 4.37. The van der Waals surface area contributed by atoms with Crippen molar-refractivity contribution in [2.24, 2.45) is 0 Å². The van der Waals surface area contributed by atoms with Crippen molar-refractivity contribution in [1.29, 1.82) is 0 Å². The Morgan fingerprint density at radius 2 is 1.81 bits per heavy atom. The zero-order valence-corrected chi connectivity index (χ0v) is 12.4. The lowest BCUT2D eigenvalue weighted by atomic mass is 10.1. The first-order chi connectivity index (χ1) is 10.2. The Labute approximate surface area is 125 Å². The van der Waals surface area contributed by atoms with Crippen molar-refractivity contribution in [2.75, 3.05) is 0 Å². The number of nitrogens with zero attached hydrogens (tertiary/aromatic N) is 2. The maximum absolute atomic E-state index is 4.49. The normalized spacial score (nSPS) is 12.5. The van der Waals surface area contributed by atoms with Crippen molar-refractivity contribution in [2.45, 2.75) is 26.2 Å². The molecule has 0 unspecified atom stereocenters. The highest BCUT2D eigenvalue weighted by Gasteiger charge is 2.18. The molecule has 0 amide bonds. The third-order valence-corrected chi connectivity index (χ3v) is 4.24. The molecule has 21 heavy (non-hydrogen) atoms. The maximum atomic E-state index is 4.49. The molecule has 4 rings (SSSR count). The van der Waals surface area contributed by atoms with Crippen molar-refractivity contribution in [3.8, 4) is 16.8 Å². The van der Waals surface area contributed by atoms with Crippen LogP contribution < -0.4 is 0 Å². The van der Waals surface area contributed by atoms with Gasteiger partial charge >= 0.3 is 0 Å². The van der Waals surface area contributed by atoms with Gasteiger partial charge in [-0.3, -0.25) is 0 Å². The van der Waals surface area contributed by atoms with Gasteiger partial charge in [0.1, 0.15) is 5.82 Å². The lowest BCUT2D eigenvalue weighted by Gasteiger charge is -2.12. The number of benzene rings is 2. The summed E-state index contributed by atoms with van der Waals surface area (Å²) in [4.78, 5) is 4.49. The molecule has 104 valence electrons. The molecule has 1 aliphatic carbocycles. The molecule has 0 fully saturated rings. The van der Waals surface area contributed by atoms with Gasteiger partial charge in [-0.15, -0.1) is 0 Å². The minimum atomic E-state index is 0.422. The van der Waals surface area contributed by atoms with Crippen LogP contribution in [-0.2, 0) is 6.42 Å². The predicted octanol–water partition coefficient (Wildman–Crippen LogP) is 4.57. The molecule has 1 aromatic heterocycles. The van der Waals surface area contributed by atoms with Crippen LogP contribution in [0.2, 0.25) is 0 Å². The summed E-state index contributed by atoms with van der Waals surface area (Å²) in [6, 6.07) is 15.5. The van der Waals surface area contributed by atoms with E-state index in [1.54, 1.807) is 0 Å².